The summed E-state index contributed by atoms with van der Waals surface area (Å²) in [4.78, 5) is 5.88. The van der Waals surface area contributed by atoms with Crippen LogP contribution in [0.1, 0.15) is 19.0 Å². The fraction of sp³-hybridized carbons (Fsp3) is 0.150. The Bertz CT molecular complexity index is 1050. The molecular formula is C20H17N2NaO3S2. The maximum atomic E-state index is 12.8. The summed E-state index contributed by atoms with van der Waals surface area (Å²) in [7, 11) is -4.81. The molecule has 0 radical (unpaired) electrons. The molecule has 0 fully saturated rings. The molecule has 1 aliphatic heterocycles. The van der Waals surface area contributed by atoms with Gasteiger partial charge in [-0.3, -0.25) is 4.98 Å². The summed E-state index contributed by atoms with van der Waals surface area (Å²) >= 11 is 1.56. The van der Waals surface area contributed by atoms with E-state index in [1.54, 1.807) is 41.8 Å². The molecule has 3 aromatic rings. The zero-order valence-electron chi connectivity index (χ0n) is 15.6. The number of hydrogen-bond acceptors (Lipinski definition) is 6. The number of hydrogen-bond donors (Lipinski definition) is 0. The molecule has 1 aromatic heterocycles. The minimum absolute atomic E-state index is 0. The molecule has 5 nitrogen and oxygen atoms in total. The Morgan fingerprint density at radius 2 is 1.50 bits per heavy atom. The smallest absolute Gasteiger partial charge is 0.746 e. The Kier molecular flexibility index (Phi) is 6.24. The van der Waals surface area contributed by atoms with E-state index in [-0.39, 0.29) is 41.7 Å². The van der Waals surface area contributed by atoms with Crippen LogP contribution in [0, 0.1) is 0 Å². The van der Waals surface area contributed by atoms with Gasteiger partial charge in [-0.15, -0.1) is 0 Å². The van der Waals surface area contributed by atoms with E-state index in [0.29, 0.717) is 11.4 Å². The first-order chi connectivity index (χ1) is 13.0. The van der Waals surface area contributed by atoms with Crippen LogP contribution in [0.25, 0.3) is 0 Å². The quantitative estimate of drug-likeness (QED) is 0.471. The van der Waals surface area contributed by atoms with Gasteiger partial charge in [0.1, 0.15) is 10.1 Å². The van der Waals surface area contributed by atoms with Crippen LogP contribution in [0.2, 0.25) is 0 Å². The molecule has 8 heteroatoms. The summed E-state index contributed by atoms with van der Waals surface area (Å²) in [5.41, 5.74) is 1.60. The van der Waals surface area contributed by atoms with Crippen molar-refractivity contribution in [3.8, 4) is 0 Å². The number of anilines is 2. The summed E-state index contributed by atoms with van der Waals surface area (Å²) in [6, 6.07) is 20.0. The molecule has 1 atom stereocenters. The monoisotopic (exact) mass is 420 g/mol. The van der Waals surface area contributed by atoms with E-state index in [1.807, 2.05) is 48.5 Å². The number of rotatable bonds is 4. The molecule has 1 unspecified atom stereocenters. The van der Waals surface area contributed by atoms with Crippen molar-refractivity contribution in [3.63, 3.8) is 0 Å². The first kappa shape index (κ1) is 21.4. The van der Waals surface area contributed by atoms with Gasteiger partial charge in [0.15, 0.2) is 4.87 Å². The van der Waals surface area contributed by atoms with Crippen molar-refractivity contribution in [2.45, 2.75) is 28.0 Å². The molecule has 2 heterocycles. The van der Waals surface area contributed by atoms with E-state index in [2.05, 4.69) is 4.98 Å². The predicted molar refractivity (Wildman–Crippen MR) is 105 cm³/mol. The van der Waals surface area contributed by atoms with Crippen molar-refractivity contribution in [3.05, 3.63) is 78.6 Å². The van der Waals surface area contributed by atoms with E-state index in [4.69, 9.17) is 0 Å². The van der Waals surface area contributed by atoms with Gasteiger partial charge < -0.3 is 9.45 Å². The second-order valence-corrected chi connectivity index (χ2v) is 8.85. The summed E-state index contributed by atoms with van der Waals surface area (Å²) in [6.07, 6.45) is 1.57. The third kappa shape index (κ3) is 3.30. The van der Waals surface area contributed by atoms with Gasteiger partial charge in [-0.25, -0.2) is 8.42 Å². The Morgan fingerprint density at radius 1 is 0.964 bits per heavy atom. The van der Waals surface area contributed by atoms with Gasteiger partial charge in [0.2, 0.25) is 0 Å². The summed E-state index contributed by atoms with van der Waals surface area (Å²) < 4.78 is 38.3. The van der Waals surface area contributed by atoms with E-state index in [9.17, 15) is 13.0 Å². The first-order valence-electron chi connectivity index (χ1n) is 8.52. The molecular weight excluding hydrogens is 403 g/mol. The Morgan fingerprint density at radius 3 is 1.96 bits per heavy atom. The average Bonchev–Trinajstić information content (AvgIpc) is 2.68. The predicted octanol–water partition coefficient (Wildman–Crippen LogP) is 1.50. The number of aromatic nitrogens is 1. The van der Waals surface area contributed by atoms with Crippen molar-refractivity contribution in [2.24, 2.45) is 0 Å². The van der Waals surface area contributed by atoms with E-state index in [0.717, 1.165) is 9.79 Å². The van der Waals surface area contributed by atoms with Gasteiger partial charge >= 0.3 is 29.6 Å². The number of benzene rings is 2. The molecule has 0 aliphatic carbocycles. The van der Waals surface area contributed by atoms with Crippen molar-refractivity contribution < 1.29 is 42.5 Å². The largest absolute Gasteiger partial charge is 1.00 e. The Hall–Kier alpha value is -1.35. The van der Waals surface area contributed by atoms with Crippen LogP contribution < -0.4 is 34.5 Å². The molecule has 0 spiro atoms. The van der Waals surface area contributed by atoms with Crippen LogP contribution in [0.15, 0.2) is 82.7 Å². The van der Waals surface area contributed by atoms with Crippen molar-refractivity contribution >= 4 is 33.3 Å². The van der Waals surface area contributed by atoms with Crippen molar-refractivity contribution in [2.75, 3.05) is 4.90 Å². The zero-order valence-corrected chi connectivity index (χ0v) is 19.2. The fourth-order valence-corrected chi connectivity index (χ4v) is 5.77. The van der Waals surface area contributed by atoms with Crippen LogP contribution in [0.3, 0.4) is 0 Å². The molecule has 4 rings (SSSR count). The molecule has 0 bridgehead atoms. The fourth-order valence-electron chi connectivity index (χ4n) is 3.56. The van der Waals surface area contributed by atoms with E-state index in [1.165, 1.54) is 6.20 Å². The second kappa shape index (κ2) is 8.18. The van der Waals surface area contributed by atoms with E-state index >= 15 is 0 Å². The van der Waals surface area contributed by atoms with Crippen LogP contribution in [-0.2, 0) is 15.0 Å². The van der Waals surface area contributed by atoms with Crippen molar-refractivity contribution in [1.82, 2.24) is 4.98 Å². The second-order valence-electron chi connectivity index (χ2n) is 6.18. The molecule has 1 aliphatic rings. The number of nitrogens with zero attached hydrogens (tertiary/aromatic N) is 2. The van der Waals surface area contributed by atoms with Gasteiger partial charge in [-0.2, -0.15) is 0 Å². The minimum atomic E-state index is -4.81. The van der Waals surface area contributed by atoms with Gasteiger partial charge in [0.25, 0.3) is 0 Å². The molecule has 0 saturated heterocycles. The topological polar surface area (TPSA) is 73.3 Å². The van der Waals surface area contributed by atoms with Crippen molar-refractivity contribution in [1.29, 1.82) is 0 Å². The number of pyridine rings is 1. The van der Waals surface area contributed by atoms with Crippen LogP contribution in [0.4, 0.5) is 11.4 Å². The zero-order chi connectivity index (χ0) is 19.1. The summed E-state index contributed by atoms with van der Waals surface area (Å²) in [5.74, 6) is 0. The molecule has 0 N–H and O–H groups in total. The molecule has 28 heavy (non-hydrogen) atoms. The van der Waals surface area contributed by atoms with Gasteiger partial charge in [-0.1, -0.05) is 49.0 Å². The standard InChI is InChI=1S/C20H18N2O3S2.Na/c1-2-20(27(23,24)25,19-13-7-8-14-21-19)22-15-9-3-5-11-17(15)26-18-12-6-4-10-16(18)22;/h3-14H,2H2,1H3,(H,23,24,25);/q;+1/p-1. The molecule has 2 aromatic carbocycles. The average molecular weight is 420 g/mol. The third-order valence-electron chi connectivity index (χ3n) is 4.75. The SMILES string of the molecule is CCC(c1ccccn1)(N1c2ccccc2Sc2ccccc21)S(=O)(=O)[O-].[Na+]. The third-order valence-corrected chi connectivity index (χ3v) is 7.39. The molecule has 0 saturated carbocycles. The minimum Gasteiger partial charge on any atom is -0.746 e. The first-order valence-corrected chi connectivity index (χ1v) is 10.7. The normalized spacial score (nSPS) is 15.0. The molecule has 138 valence electrons. The Balaban J connectivity index is 0.00000225. The van der Waals surface area contributed by atoms with Crippen LogP contribution >= 0.6 is 11.8 Å². The van der Waals surface area contributed by atoms with E-state index < -0.39 is 15.0 Å². The van der Waals surface area contributed by atoms with Crippen LogP contribution in [0.5, 0.6) is 0 Å². The van der Waals surface area contributed by atoms with Gasteiger partial charge in [0.05, 0.1) is 17.1 Å². The Labute approximate surface area is 191 Å². The summed E-state index contributed by atoms with van der Waals surface area (Å²) in [6.45, 7) is 1.71. The number of fused-ring (bicyclic) bond motifs is 2. The maximum absolute atomic E-state index is 12.8. The molecule has 0 amide bonds. The maximum Gasteiger partial charge on any atom is 1.00 e. The number of para-hydroxylation sites is 2. The van der Waals surface area contributed by atoms with Crippen LogP contribution in [-0.4, -0.2) is 18.0 Å². The van der Waals surface area contributed by atoms with Gasteiger partial charge in [-0.05, 0) is 42.8 Å². The summed E-state index contributed by atoms with van der Waals surface area (Å²) in [5, 5.41) is 0. The van der Waals surface area contributed by atoms with Gasteiger partial charge in [0, 0.05) is 16.0 Å².